The first-order valence-corrected chi connectivity index (χ1v) is 7.27. The predicted molar refractivity (Wildman–Crippen MR) is 79.7 cm³/mol. The first kappa shape index (κ1) is 14.7. The molecule has 2 aromatic rings. The van der Waals surface area contributed by atoms with Crippen LogP contribution in [-0.2, 0) is 12.8 Å². The smallest absolute Gasteiger partial charge is 0.228 e. The highest BCUT2D eigenvalue weighted by Crippen LogP contribution is 2.10. The molecule has 1 atom stereocenters. The lowest BCUT2D eigenvalue weighted by Crippen LogP contribution is -2.28. The van der Waals surface area contributed by atoms with Crippen LogP contribution < -0.4 is 5.32 Å². The van der Waals surface area contributed by atoms with Crippen LogP contribution in [0.3, 0.4) is 0 Å². The highest BCUT2D eigenvalue weighted by atomic mass is 16.5. The lowest BCUT2D eigenvalue weighted by molar-refractivity contribution is 0.358. The van der Waals surface area contributed by atoms with Crippen molar-refractivity contribution < 1.29 is 4.52 Å². The fourth-order valence-electron chi connectivity index (χ4n) is 2.17. The Kier molecular flexibility index (Phi) is 5.30. The highest BCUT2D eigenvalue weighted by Gasteiger charge is 2.10. The van der Waals surface area contributed by atoms with Gasteiger partial charge in [-0.3, -0.25) is 0 Å². The zero-order chi connectivity index (χ0) is 14.4. The number of aryl methyl sites for hydroxylation is 1. The molecule has 0 fully saturated rings. The Morgan fingerprint density at radius 2 is 2.20 bits per heavy atom. The van der Waals surface area contributed by atoms with Gasteiger partial charge in [0.25, 0.3) is 0 Å². The molecule has 1 aromatic heterocycles. The van der Waals surface area contributed by atoms with E-state index in [2.05, 4.69) is 60.5 Å². The molecule has 1 aromatic carbocycles. The van der Waals surface area contributed by atoms with Crippen molar-refractivity contribution in [3.8, 4) is 0 Å². The summed E-state index contributed by atoms with van der Waals surface area (Å²) >= 11 is 0. The van der Waals surface area contributed by atoms with E-state index in [0.29, 0.717) is 11.9 Å². The molecule has 0 amide bonds. The predicted octanol–water partition coefficient (Wildman–Crippen LogP) is 2.90. The molecule has 0 bridgehead atoms. The van der Waals surface area contributed by atoms with Gasteiger partial charge in [0.15, 0.2) is 5.82 Å². The summed E-state index contributed by atoms with van der Waals surface area (Å²) in [6.45, 7) is 7.41. The molecule has 0 aliphatic heterocycles. The van der Waals surface area contributed by atoms with E-state index in [0.717, 1.165) is 31.6 Å². The van der Waals surface area contributed by atoms with Gasteiger partial charge in [-0.25, -0.2) is 0 Å². The lowest BCUT2D eigenvalue weighted by Gasteiger charge is -2.09. The van der Waals surface area contributed by atoms with Gasteiger partial charge < -0.3 is 9.84 Å². The van der Waals surface area contributed by atoms with E-state index in [-0.39, 0.29) is 0 Å². The van der Waals surface area contributed by atoms with Crippen LogP contribution in [-0.4, -0.2) is 22.7 Å². The number of benzene rings is 1. The van der Waals surface area contributed by atoms with Gasteiger partial charge in [0.1, 0.15) is 0 Å². The average Bonchev–Trinajstić information content (AvgIpc) is 2.83. The van der Waals surface area contributed by atoms with Crippen LogP contribution in [0.25, 0.3) is 0 Å². The Morgan fingerprint density at radius 3 is 2.95 bits per heavy atom. The molecule has 108 valence electrons. The second kappa shape index (κ2) is 7.20. The third-order valence-electron chi connectivity index (χ3n) is 3.18. The standard InChI is InChI=1S/C16H23N3O/c1-4-8-17-13(3)10-16-18-15(19-20-16)11-14-7-5-6-12(2)9-14/h5-7,9,13,17H,4,8,10-11H2,1-3H3. The number of nitrogens with one attached hydrogen (secondary N) is 1. The molecule has 0 radical (unpaired) electrons. The highest BCUT2D eigenvalue weighted by molar-refractivity contribution is 5.24. The monoisotopic (exact) mass is 273 g/mol. The zero-order valence-corrected chi connectivity index (χ0v) is 12.5. The second-order valence-electron chi connectivity index (χ2n) is 5.33. The summed E-state index contributed by atoms with van der Waals surface area (Å²) in [5, 5.41) is 7.48. The second-order valence-corrected chi connectivity index (χ2v) is 5.33. The molecular formula is C16H23N3O. The fourth-order valence-corrected chi connectivity index (χ4v) is 2.17. The van der Waals surface area contributed by atoms with Crippen molar-refractivity contribution in [1.82, 2.24) is 15.5 Å². The van der Waals surface area contributed by atoms with E-state index in [1.165, 1.54) is 11.1 Å². The maximum atomic E-state index is 5.32. The van der Waals surface area contributed by atoms with Crippen molar-refractivity contribution in [2.24, 2.45) is 0 Å². The van der Waals surface area contributed by atoms with Gasteiger partial charge in [-0.2, -0.15) is 4.98 Å². The summed E-state index contributed by atoms with van der Waals surface area (Å²) in [4.78, 5) is 4.47. The van der Waals surface area contributed by atoms with Crippen molar-refractivity contribution in [1.29, 1.82) is 0 Å². The Morgan fingerprint density at radius 1 is 1.35 bits per heavy atom. The van der Waals surface area contributed by atoms with Crippen LogP contribution in [0.15, 0.2) is 28.8 Å². The van der Waals surface area contributed by atoms with E-state index < -0.39 is 0 Å². The summed E-state index contributed by atoms with van der Waals surface area (Å²) in [7, 11) is 0. The molecule has 0 aliphatic carbocycles. The molecule has 0 aliphatic rings. The third-order valence-corrected chi connectivity index (χ3v) is 3.18. The van der Waals surface area contributed by atoms with Crippen molar-refractivity contribution in [2.75, 3.05) is 6.54 Å². The number of rotatable bonds is 7. The topological polar surface area (TPSA) is 51.0 Å². The number of aromatic nitrogens is 2. The first-order chi connectivity index (χ1) is 9.67. The average molecular weight is 273 g/mol. The van der Waals surface area contributed by atoms with Crippen molar-refractivity contribution in [2.45, 2.75) is 46.1 Å². The minimum atomic E-state index is 0.363. The zero-order valence-electron chi connectivity index (χ0n) is 12.5. The lowest BCUT2D eigenvalue weighted by atomic mass is 10.1. The third kappa shape index (κ3) is 4.46. The van der Waals surface area contributed by atoms with Crippen LogP contribution in [0.2, 0.25) is 0 Å². The SMILES string of the molecule is CCCNC(C)Cc1nc(Cc2cccc(C)c2)no1. The summed E-state index contributed by atoms with van der Waals surface area (Å²) in [6.07, 6.45) is 2.63. The number of hydrogen-bond donors (Lipinski definition) is 1. The summed E-state index contributed by atoms with van der Waals surface area (Å²) < 4.78 is 5.32. The quantitative estimate of drug-likeness (QED) is 0.842. The molecule has 1 heterocycles. The molecule has 0 saturated carbocycles. The maximum Gasteiger partial charge on any atom is 0.228 e. The van der Waals surface area contributed by atoms with Crippen LogP contribution in [0.4, 0.5) is 0 Å². The number of hydrogen-bond acceptors (Lipinski definition) is 4. The normalized spacial score (nSPS) is 12.6. The van der Waals surface area contributed by atoms with E-state index in [9.17, 15) is 0 Å². The molecule has 0 spiro atoms. The minimum absolute atomic E-state index is 0.363. The van der Waals surface area contributed by atoms with E-state index in [1.807, 2.05) is 0 Å². The first-order valence-electron chi connectivity index (χ1n) is 7.27. The van der Waals surface area contributed by atoms with Crippen molar-refractivity contribution in [3.63, 3.8) is 0 Å². The van der Waals surface area contributed by atoms with E-state index >= 15 is 0 Å². The Labute approximate surface area is 120 Å². The van der Waals surface area contributed by atoms with Gasteiger partial charge >= 0.3 is 0 Å². The van der Waals surface area contributed by atoms with Gasteiger partial charge in [0.05, 0.1) is 0 Å². The number of nitrogens with zero attached hydrogens (tertiary/aromatic N) is 2. The van der Waals surface area contributed by atoms with Crippen LogP contribution in [0, 0.1) is 6.92 Å². The van der Waals surface area contributed by atoms with Gasteiger partial charge in [-0.05, 0) is 32.4 Å². The molecule has 4 heteroatoms. The molecule has 0 saturated heterocycles. The fraction of sp³-hybridized carbons (Fsp3) is 0.500. The molecule has 1 N–H and O–H groups in total. The van der Waals surface area contributed by atoms with Gasteiger partial charge in [0.2, 0.25) is 5.89 Å². The van der Waals surface area contributed by atoms with Crippen molar-refractivity contribution in [3.05, 3.63) is 47.1 Å². The van der Waals surface area contributed by atoms with Gasteiger partial charge in [-0.1, -0.05) is 41.9 Å². The van der Waals surface area contributed by atoms with Gasteiger partial charge in [-0.15, -0.1) is 0 Å². The van der Waals surface area contributed by atoms with Crippen LogP contribution >= 0.6 is 0 Å². The van der Waals surface area contributed by atoms with Gasteiger partial charge in [0, 0.05) is 18.9 Å². The maximum absolute atomic E-state index is 5.32. The molecular weight excluding hydrogens is 250 g/mol. The molecule has 1 unspecified atom stereocenters. The molecule has 20 heavy (non-hydrogen) atoms. The Bertz CT molecular complexity index is 536. The van der Waals surface area contributed by atoms with Crippen LogP contribution in [0.5, 0.6) is 0 Å². The van der Waals surface area contributed by atoms with Crippen molar-refractivity contribution >= 4 is 0 Å². The van der Waals surface area contributed by atoms with E-state index in [4.69, 9.17) is 4.52 Å². The summed E-state index contributed by atoms with van der Waals surface area (Å²) in [5.41, 5.74) is 2.47. The minimum Gasteiger partial charge on any atom is -0.339 e. The Balaban J connectivity index is 1.92. The molecule has 2 rings (SSSR count). The summed E-state index contributed by atoms with van der Waals surface area (Å²) in [6, 6.07) is 8.76. The largest absolute Gasteiger partial charge is 0.339 e. The molecule has 4 nitrogen and oxygen atoms in total. The van der Waals surface area contributed by atoms with Crippen LogP contribution in [0.1, 0.15) is 43.1 Å². The van der Waals surface area contributed by atoms with E-state index in [1.54, 1.807) is 0 Å². The summed E-state index contributed by atoms with van der Waals surface area (Å²) in [5.74, 6) is 1.47. The Hall–Kier alpha value is -1.68.